The highest BCUT2D eigenvalue weighted by Crippen LogP contribution is 2.38. The zero-order valence-corrected chi connectivity index (χ0v) is 18.4. The van der Waals surface area contributed by atoms with Crippen LogP contribution in [0.2, 0.25) is 0 Å². The van der Waals surface area contributed by atoms with Gasteiger partial charge in [0.1, 0.15) is 17.5 Å². The average molecular weight is 452 g/mol. The average Bonchev–Trinajstić information content (AvgIpc) is 2.67. The third kappa shape index (κ3) is 5.00. The monoisotopic (exact) mass is 451 g/mol. The second-order valence-electron chi connectivity index (χ2n) is 8.14. The number of carbonyl (C=O) groups is 1. The number of aromatic nitrogens is 1. The van der Waals surface area contributed by atoms with Crippen LogP contribution in [0.1, 0.15) is 26.3 Å². The number of rotatable bonds is 4. The summed E-state index contributed by atoms with van der Waals surface area (Å²) in [7, 11) is -4.29. The van der Waals surface area contributed by atoms with E-state index >= 15 is 0 Å². The fourth-order valence-corrected chi connectivity index (χ4v) is 4.64. The molecule has 0 unspecified atom stereocenters. The van der Waals surface area contributed by atoms with Gasteiger partial charge in [0.2, 0.25) is 0 Å². The number of H-pyrrole nitrogens is 1. The van der Waals surface area contributed by atoms with Crippen molar-refractivity contribution in [1.82, 2.24) is 4.98 Å². The van der Waals surface area contributed by atoms with E-state index < -0.39 is 44.9 Å². The van der Waals surface area contributed by atoms with Crippen molar-refractivity contribution in [2.45, 2.75) is 44.3 Å². The number of aliphatic hydroxyl groups excluding tert-OH is 1. The highest BCUT2D eigenvalue weighted by Gasteiger charge is 2.36. The van der Waals surface area contributed by atoms with Crippen LogP contribution in [0.3, 0.4) is 0 Å². The highest BCUT2D eigenvalue weighted by atomic mass is 32.2. The first-order valence-electron chi connectivity index (χ1n) is 9.54. The van der Waals surface area contributed by atoms with Crippen LogP contribution < -0.4 is 19.9 Å². The van der Waals surface area contributed by atoms with Gasteiger partial charge in [-0.2, -0.15) is 0 Å². The Kier molecular flexibility index (Phi) is 6.01. The second-order valence-corrected chi connectivity index (χ2v) is 9.97. The number of aromatic amines is 1. The summed E-state index contributed by atoms with van der Waals surface area (Å²) >= 11 is 0. The minimum Gasteiger partial charge on any atom is -0.484 e. The molecule has 3 N–H and O–H groups in total. The number of anilines is 2. The number of aryl methyl sites for hydroxylation is 1. The maximum Gasteiger partial charge on any atom is 0.412 e. The summed E-state index contributed by atoms with van der Waals surface area (Å²) in [6.07, 6.45) is -0.119. The minimum atomic E-state index is -4.29. The molecular weight excluding hydrogens is 426 g/mol. The number of hydrogen-bond acceptors (Lipinski definition) is 7. The molecule has 0 saturated heterocycles. The number of carbonyl (C=O) groups excluding carboxylic acids is 1. The SMILES string of the molecule is Cc1c[nH]c(=O)c(S(=O)(=O)N2C[C@H](CO)Oc3ccc(NC(=O)OC(C)(C)C)cc32)c1. The second kappa shape index (κ2) is 8.23. The highest BCUT2D eigenvalue weighted by molar-refractivity contribution is 7.92. The first kappa shape index (κ1) is 22.6. The van der Waals surface area contributed by atoms with Gasteiger partial charge in [0.15, 0.2) is 4.90 Å². The number of amides is 1. The Morgan fingerprint density at radius 1 is 1.35 bits per heavy atom. The zero-order valence-electron chi connectivity index (χ0n) is 17.6. The number of ether oxygens (including phenoxy) is 2. The molecule has 31 heavy (non-hydrogen) atoms. The number of nitrogens with zero attached hydrogens (tertiary/aromatic N) is 1. The summed E-state index contributed by atoms with van der Waals surface area (Å²) in [4.78, 5) is 26.3. The van der Waals surface area contributed by atoms with Gasteiger partial charge in [-0.3, -0.25) is 14.4 Å². The number of sulfonamides is 1. The van der Waals surface area contributed by atoms with Crippen LogP contribution in [0.15, 0.2) is 40.2 Å². The van der Waals surface area contributed by atoms with Crippen molar-refractivity contribution in [2.24, 2.45) is 0 Å². The maximum atomic E-state index is 13.4. The normalized spacial score (nSPS) is 16.3. The van der Waals surface area contributed by atoms with Crippen LogP contribution >= 0.6 is 0 Å². The summed E-state index contributed by atoms with van der Waals surface area (Å²) in [5.41, 5.74) is -0.512. The van der Waals surface area contributed by atoms with Gasteiger partial charge < -0.3 is 19.6 Å². The van der Waals surface area contributed by atoms with Gasteiger partial charge in [0, 0.05) is 11.9 Å². The van der Waals surface area contributed by atoms with Crippen molar-refractivity contribution >= 4 is 27.5 Å². The van der Waals surface area contributed by atoms with Gasteiger partial charge in [-0.1, -0.05) is 0 Å². The van der Waals surface area contributed by atoms with E-state index in [0.717, 1.165) is 4.31 Å². The molecule has 10 nitrogen and oxygen atoms in total. The molecule has 2 heterocycles. The Hall–Kier alpha value is -3.05. The predicted molar refractivity (Wildman–Crippen MR) is 114 cm³/mol. The van der Waals surface area contributed by atoms with E-state index in [-0.39, 0.29) is 23.7 Å². The summed E-state index contributed by atoms with van der Waals surface area (Å²) in [6, 6.07) is 5.69. The largest absolute Gasteiger partial charge is 0.484 e. The number of benzene rings is 1. The quantitative estimate of drug-likeness (QED) is 0.646. The summed E-state index contributed by atoms with van der Waals surface area (Å²) in [5.74, 6) is 0.188. The van der Waals surface area contributed by atoms with Gasteiger partial charge in [-0.05, 0) is 57.5 Å². The molecule has 168 valence electrons. The van der Waals surface area contributed by atoms with Crippen LogP contribution in [0.5, 0.6) is 5.75 Å². The lowest BCUT2D eigenvalue weighted by molar-refractivity contribution is 0.0636. The van der Waals surface area contributed by atoms with Crippen LogP contribution in [-0.2, 0) is 14.8 Å². The van der Waals surface area contributed by atoms with E-state index in [9.17, 15) is 23.1 Å². The van der Waals surface area contributed by atoms with E-state index in [4.69, 9.17) is 9.47 Å². The third-order valence-corrected chi connectivity index (χ3v) is 6.11. The lowest BCUT2D eigenvalue weighted by Gasteiger charge is -2.35. The van der Waals surface area contributed by atoms with Crippen molar-refractivity contribution in [3.05, 3.63) is 46.4 Å². The van der Waals surface area contributed by atoms with Gasteiger partial charge in [-0.15, -0.1) is 0 Å². The first-order valence-corrected chi connectivity index (χ1v) is 11.0. The van der Waals surface area contributed by atoms with E-state index in [1.165, 1.54) is 30.5 Å². The summed E-state index contributed by atoms with van der Waals surface area (Å²) in [6.45, 7) is 6.17. The Morgan fingerprint density at radius 3 is 2.71 bits per heavy atom. The Labute approximate surface area is 179 Å². The molecule has 0 saturated carbocycles. The molecule has 1 aromatic carbocycles. The molecule has 1 amide bonds. The van der Waals surface area contributed by atoms with Gasteiger partial charge >= 0.3 is 6.09 Å². The molecule has 0 bridgehead atoms. The van der Waals surface area contributed by atoms with Gasteiger partial charge in [-0.25, -0.2) is 13.2 Å². The number of fused-ring (bicyclic) bond motifs is 1. The van der Waals surface area contributed by atoms with E-state index in [2.05, 4.69) is 10.3 Å². The van der Waals surface area contributed by atoms with Crippen molar-refractivity contribution in [2.75, 3.05) is 22.8 Å². The molecule has 1 aliphatic rings. The summed E-state index contributed by atoms with van der Waals surface area (Å²) in [5, 5.41) is 12.1. The molecule has 3 rings (SSSR count). The molecule has 0 radical (unpaired) electrons. The molecule has 2 aromatic rings. The number of nitrogens with one attached hydrogen (secondary N) is 2. The van der Waals surface area contributed by atoms with Gasteiger partial charge in [0.05, 0.1) is 18.8 Å². The fourth-order valence-electron chi connectivity index (χ4n) is 3.01. The zero-order chi connectivity index (χ0) is 23.0. The Bertz CT molecular complexity index is 1150. The van der Waals surface area contributed by atoms with Crippen LogP contribution in [-0.4, -0.2) is 49.5 Å². The van der Waals surface area contributed by atoms with E-state index in [1.54, 1.807) is 27.7 Å². The number of hydrogen-bond donors (Lipinski definition) is 3. The Morgan fingerprint density at radius 2 is 2.06 bits per heavy atom. The molecule has 1 aliphatic heterocycles. The molecule has 1 atom stereocenters. The fraction of sp³-hybridized carbons (Fsp3) is 0.400. The van der Waals surface area contributed by atoms with Crippen molar-refractivity contribution in [3.8, 4) is 5.75 Å². The number of pyridine rings is 1. The smallest absolute Gasteiger partial charge is 0.412 e. The topological polar surface area (TPSA) is 138 Å². The van der Waals surface area contributed by atoms with E-state index in [1.807, 2.05) is 0 Å². The molecule has 0 fully saturated rings. The molecule has 11 heteroatoms. The molecule has 0 aliphatic carbocycles. The van der Waals surface area contributed by atoms with Crippen molar-refractivity contribution < 1.29 is 27.8 Å². The minimum absolute atomic E-state index is 0.124. The van der Waals surface area contributed by atoms with Crippen molar-refractivity contribution in [1.29, 1.82) is 0 Å². The maximum absolute atomic E-state index is 13.4. The molecule has 0 spiro atoms. The first-order chi connectivity index (χ1) is 14.4. The lowest BCUT2D eigenvalue weighted by atomic mass is 10.2. The molecule has 1 aromatic heterocycles. The van der Waals surface area contributed by atoms with Crippen LogP contribution in [0.4, 0.5) is 16.2 Å². The lowest BCUT2D eigenvalue weighted by Crippen LogP contribution is -2.46. The molecular formula is C20H25N3O7S. The number of aliphatic hydroxyl groups is 1. The predicted octanol–water partition coefficient (Wildman–Crippen LogP) is 1.98. The van der Waals surface area contributed by atoms with Crippen LogP contribution in [0, 0.1) is 6.92 Å². The van der Waals surface area contributed by atoms with Crippen molar-refractivity contribution in [3.63, 3.8) is 0 Å². The third-order valence-electron chi connectivity index (χ3n) is 4.32. The van der Waals surface area contributed by atoms with Gasteiger partial charge in [0.25, 0.3) is 15.6 Å². The summed E-state index contributed by atoms with van der Waals surface area (Å²) < 4.78 is 38.6. The standard InChI is InChI=1S/C20H25N3O7S/c1-12-7-17(18(25)21-9-12)31(27,28)23-10-14(11-24)29-16-6-5-13(8-15(16)23)22-19(26)30-20(2,3)4/h5-9,14,24H,10-11H2,1-4H3,(H,21,25)(H,22,26)/t14-/m1/s1. The Balaban J connectivity index is 2.04. The van der Waals surface area contributed by atoms with E-state index in [0.29, 0.717) is 5.56 Å². The van der Waals surface area contributed by atoms with Crippen LogP contribution in [0.25, 0.3) is 0 Å².